The van der Waals surface area contributed by atoms with Gasteiger partial charge < -0.3 is 10.1 Å². The van der Waals surface area contributed by atoms with Crippen molar-refractivity contribution in [3.63, 3.8) is 0 Å². The third-order valence-electron chi connectivity index (χ3n) is 4.29. The molecule has 8 heteroatoms. The number of benzene rings is 1. The van der Waals surface area contributed by atoms with Gasteiger partial charge >= 0.3 is 17.8 Å². The summed E-state index contributed by atoms with van der Waals surface area (Å²) in [5.74, 6) is -2.27. The molecular formula is C20H21N3O4S. The second kappa shape index (κ2) is 8.79. The zero-order chi connectivity index (χ0) is 20.1. The number of rotatable bonds is 5. The van der Waals surface area contributed by atoms with Gasteiger partial charge in [0.2, 0.25) is 0 Å². The van der Waals surface area contributed by atoms with Crippen LogP contribution in [0.5, 0.6) is 0 Å². The fourth-order valence-corrected chi connectivity index (χ4v) is 4.21. The highest BCUT2D eigenvalue weighted by Crippen LogP contribution is 2.39. The molecule has 0 atom stereocenters. The molecule has 1 aliphatic rings. The van der Waals surface area contributed by atoms with Crippen LogP contribution >= 0.6 is 11.3 Å². The highest BCUT2D eigenvalue weighted by Gasteiger charge is 2.29. The number of hydrogen-bond acceptors (Lipinski definition) is 6. The molecule has 3 rings (SSSR count). The molecule has 2 N–H and O–H groups in total. The molecule has 0 saturated carbocycles. The number of hydrogen-bond donors (Lipinski definition) is 2. The number of esters is 1. The number of amides is 2. The van der Waals surface area contributed by atoms with Crippen LogP contribution in [0.4, 0.5) is 5.00 Å². The molecule has 0 spiro atoms. The summed E-state index contributed by atoms with van der Waals surface area (Å²) in [6.45, 7) is 3.94. The second-order valence-corrected chi connectivity index (χ2v) is 7.45. The Kier molecular flexibility index (Phi) is 6.20. The lowest BCUT2D eigenvalue weighted by atomic mass is 10.1. The fraction of sp³-hybridized carbons (Fsp3) is 0.300. The number of nitrogens with one attached hydrogen (secondary N) is 2. The number of carbonyl (C=O) groups is 3. The molecule has 0 radical (unpaired) electrons. The van der Waals surface area contributed by atoms with Crippen LogP contribution in [0.2, 0.25) is 0 Å². The lowest BCUT2D eigenvalue weighted by Crippen LogP contribution is -2.32. The van der Waals surface area contributed by atoms with Gasteiger partial charge in [-0.3, -0.25) is 9.59 Å². The summed E-state index contributed by atoms with van der Waals surface area (Å²) in [6, 6.07) is 7.54. The van der Waals surface area contributed by atoms with E-state index in [-0.39, 0.29) is 6.61 Å². The molecule has 7 nitrogen and oxygen atoms in total. The Morgan fingerprint density at radius 3 is 2.64 bits per heavy atom. The van der Waals surface area contributed by atoms with Crippen LogP contribution in [0.3, 0.4) is 0 Å². The summed E-state index contributed by atoms with van der Waals surface area (Å²) >= 11 is 1.32. The quantitative estimate of drug-likeness (QED) is 0.350. The first-order valence-electron chi connectivity index (χ1n) is 9.02. The van der Waals surface area contributed by atoms with E-state index >= 15 is 0 Å². The Hall–Kier alpha value is -3.00. The third kappa shape index (κ3) is 4.45. The maximum absolute atomic E-state index is 12.3. The summed E-state index contributed by atoms with van der Waals surface area (Å²) in [7, 11) is 0. The molecule has 0 unspecified atom stereocenters. The van der Waals surface area contributed by atoms with E-state index in [9.17, 15) is 14.4 Å². The highest BCUT2D eigenvalue weighted by atomic mass is 32.1. The van der Waals surface area contributed by atoms with Gasteiger partial charge in [-0.15, -0.1) is 11.3 Å². The van der Waals surface area contributed by atoms with Crippen LogP contribution < -0.4 is 10.7 Å². The van der Waals surface area contributed by atoms with E-state index in [4.69, 9.17) is 4.74 Å². The Morgan fingerprint density at radius 1 is 1.18 bits per heavy atom. The van der Waals surface area contributed by atoms with Gasteiger partial charge in [-0.1, -0.05) is 29.8 Å². The van der Waals surface area contributed by atoms with Gasteiger partial charge in [-0.2, -0.15) is 5.10 Å². The predicted octanol–water partition coefficient (Wildman–Crippen LogP) is 2.81. The topological polar surface area (TPSA) is 96.9 Å². The van der Waals surface area contributed by atoms with E-state index in [2.05, 4.69) is 15.8 Å². The molecule has 1 heterocycles. The summed E-state index contributed by atoms with van der Waals surface area (Å²) in [5.41, 5.74) is 5.38. The fourth-order valence-electron chi connectivity index (χ4n) is 2.94. The minimum Gasteiger partial charge on any atom is -0.462 e. The Labute approximate surface area is 166 Å². The smallest absolute Gasteiger partial charge is 0.341 e. The molecule has 28 heavy (non-hydrogen) atoms. The minimum absolute atomic E-state index is 0.241. The lowest BCUT2D eigenvalue weighted by Gasteiger charge is -2.07. The van der Waals surface area contributed by atoms with E-state index < -0.39 is 17.8 Å². The van der Waals surface area contributed by atoms with Crippen LogP contribution in [0, 0.1) is 6.92 Å². The average molecular weight is 399 g/mol. The minimum atomic E-state index is -0.910. The number of anilines is 1. The van der Waals surface area contributed by atoms with Crippen molar-refractivity contribution in [1.29, 1.82) is 0 Å². The SMILES string of the molecule is CCOC(=O)c1c(NC(=O)C(=O)NN=Cc2ccc(C)cc2)sc2c1CCC2. The van der Waals surface area contributed by atoms with Crippen molar-refractivity contribution in [1.82, 2.24) is 5.43 Å². The van der Waals surface area contributed by atoms with E-state index in [1.165, 1.54) is 17.6 Å². The first kappa shape index (κ1) is 19.8. The first-order valence-corrected chi connectivity index (χ1v) is 9.84. The molecule has 146 valence electrons. The van der Waals surface area contributed by atoms with Crippen LogP contribution in [0.15, 0.2) is 29.4 Å². The number of fused-ring (bicyclic) bond motifs is 1. The average Bonchev–Trinajstić information content (AvgIpc) is 3.24. The van der Waals surface area contributed by atoms with Gasteiger partial charge in [0.25, 0.3) is 0 Å². The summed E-state index contributed by atoms with van der Waals surface area (Å²) in [6.07, 6.45) is 4.04. The number of nitrogens with zero attached hydrogens (tertiary/aromatic N) is 1. The molecule has 0 aliphatic heterocycles. The molecule has 1 aromatic heterocycles. The lowest BCUT2D eigenvalue weighted by molar-refractivity contribution is -0.136. The number of thiophene rings is 1. The van der Waals surface area contributed by atoms with Crippen LogP contribution in [0.25, 0.3) is 0 Å². The van der Waals surface area contributed by atoms with Crippen LogP contribution in [-0.4, -0.2) is 30.6 Å². The van der Waals surface area contributed by atoms with Gasteiger partial charge in [-0.05, 0) is 44.2 Å². The van der Waals surface area contributed by atoms with Gasteiger partial charge in [0.15, 0.2) is 0 Å². The van der Waals surface area contributed by atoms with Gasteiger partial charge in [-0.25, -0.2) is 10.2 Å². The number of hydrazone groups is 1. The second-order valence-electron chi connectivity index (χ2n) is 6.35. The van der Waals surface area contributed by atoms with E-state index in [0.29, 0.717) is 10.6 Å². The standard InChI is InChI=1S/C20H21N3O4S/c1-3-27-20(26)16-14-5-4-6-15(14)28-19(16)22-17(24)18(25)23-21-11-13-9-7-12(2)8-10-13/h7-11H,3-6H2,1-2H3,(H,22,24)(H,23,25). The zero-order valence-electron chi connectivity index (χ0n) is 15.7. The van der Waals surface area contributed by atoms with Crippen LogP contribution in [0.1, 0.15) is 45.3 Å². The molecule has 0 saturated heterocycles. The van der Waals surface area contributed by atoms with Crippen molar-refractivity contribution in [3.8, 4) is 0 Å². The molecule has 0 fully saturated rings. The Morgan fingerprint density at radius 2 is 1.93 bits per heavy atom. The molecule has 2 aromatic rings. The van der Waals surface area contributed by atoms with Crippen molar-refractivity contribution in [2.45, 2.75) is 33.1 Å². The number of carbonyl (C=O) groups excluding carboxylic acids is 3. The zero-order valence-corrected chi connectivity index (χ0v) is 16.5. The maximum Gasteiger partial charge on any atom is 0.341 e. The molecule has 1 aromatic carbocycles. The van der Waals surface area contributed by atoms with Crippen molar-refractivity contribution in [2.24, 2.45) is 5.10 Å². The van der Waals surface area contributed by atoms with Gasteiger partial charge in [0.1, 0.15) is 5.00 Å². The van der Waals surface area contributed by atoms with E-state index in [1.807, 2.05) is 31.2 Å². The van der Waals surface area contributed by atoms with Crippen molar-refractivity contribution < 1.29 is 19.1 Å². The molecule has 0 bridgehead atoms. The summed E-state index contributed by atoms with van der Waals surface area (Å²) in [5, 5.41) is 6.68. The van der Waals surface area contributed by atoms with Gasteiger partial charge in [0, 0.05) is 4.88 Å². The first-order chi connectivity index (χ1) is 13.5. The van der Waals surface area contributed by atoms with Crippen molar-refractivity contribution in [2.75, 3.05) is 11.9 Å². The van der Waals surface area contributed by atoms with Crippen molar-refractivity contribution in [3.05, 3.63) is 51.4 Å². The normalized spacial score (nSPS) is 12.6. The Balaban J connectivity index is 1.66. The predicted molar refractivity (Wildman–Crippen MR) is 108 cm³/mol. The van der Waals surface area contributed by atoms with Crippen LogP contribution in [-0.2, 0) is 27.2 Å². The van der Waals surface area contributed by atoms with E-state index in [1.54, 1.807) is 6.92 Å². The molecular weight excluding hydrogens is 378 g/mol. The summed E-state index contributed by atoms with van der Waals surface area (Å²) < 4.78 is 5.11. The van der Waals surface area contributed by atoms with Gasteiger partial charge in [0.05, 0.1) is 18.4 Å². The number of ether oxygens (including phenoxy) is 1. The monoisotopic (exact) mass is 399 g/mol. The third-order valence-corrected chi connectivity index (χ3v) is 5.50. The largest absolute Gasteiger partial charge is 0.462 e. The maximum atomic E-state index is 12.3. The van der Waals surface area contributed by atoms with Crippen molar-refractivity contribution >= 4 is 40.3 Å². The molecule has 2 amide bonds. The number of aryl methyl sites for hydroxylation is 2. The van der Waals surface area contributed by atoms with E-state index in [0.717, 1.165) is 40.8 Å². The summed E-state index contributed by atoms with van der Waals surface area (Å²) in [4.78, 5) is 37.6. The molecule has 1 aliphatic carbocycles. The highest BCUT2D eigenvalue weighted by molar-refractivity contribution is 7.17. The Bertz CT molecular complexity index is 932.